The summed E-state index contributed by atoms with van der Waals surface area (Å²) in [5, 5.41) is 3.92. The Morgan fingerprint density at radius 3 is 3.00 bits per heavy atom. The van der Waals surface area contributed by atoms with Gasteiger partial charge >= 0.3 is 0 Å². The average Bonchev–Trinajstić information content (AvgIpc) is 2.98. The molecule has 3 rings (SSSR count). The fourth-order valence-electron chi connectivity index (χ4n) is 1.34. The van der Waals surface area contributed by atoms with Crippen molar-refractivity contribution in [3.8, 4) is 11.4 Å². The van der Waals surface area contributed by atoms with E-state index in [-0.39, 0.29) is 0 Å². The van der Waals surface area contributed by atoms with Crippen LogP contribution in [0, 0.1) is 0 Å². The molecule has 0 amide bonds. The van der Waals surface area contributed by atoms with Gasteiger partial charge in [-0.2, -0.15) is 4.98 Å². The molecule has 2 aromatic rings. The largest absolute Gasteiger partial charge is 0.339 e. The fourth-order valence-corrected chi connectivity index (χ4v) is 1.34. The third-order valence-electron chi connectivity index (χ3n) is 2.29. The summed E-state index contributed by atoms with van der Waals surface area (Å²) < 4.78 is 5.15. The molecule has 0 atom stereocenters. The van der Waals surface area contributed by atoms with E-state index in [0.717, 1.165) is 11.5 Å². The summed E-state index contributed by atoms with van der Waals surface area (Å²) in [6, 6.07) is 3.79. The van der Waals surface area contributed by atoms with E-state index in [1.165, 1.54) is 12.8 Å². The van der Waals surface area contributed by atoms with Gasteiger partial charge in [0.1, 0.15) is 0 Å². The van der Waals surface area contributed by atoms with Crippen LogP contribution in [-0.4, -0.2) is 15.1 Å². The number of pyridine rings is 1. The Bertz CT molecular complexity index is 434. The number of nitrogens with zero attached hydrogens (tertiary/aromatic N) is 3. The third-order valence-corrected chi connectivity index (χ3v) is 2.29. The van der Waals surface area contributed by atoms with Crippen LogP contribution in [0.1, 0.15) is 24.7 Å². The lowest BCUT2D eigenvalue weighted by molar-refractivity contribution is 0.380. The second-order valence-corrected chi connectivity index (χ2v) is 3.47. The van der Waals surface area contributed by atoms with E-state index in [4.69, 9.17) is 4.52 Å². The summed E-state index contributed by atoms with van der Waals surface area (Å²) in [7, 11) is 0. The predicted octanol–water partition coefficient (Wildman–Crippen LogP) is 2.01. The van der Waals surface area contributed by atoms with E-state index in [1.807, 2.05) is 12.1 Å². The van der Waals surface area contributed by atoms with Crippen molar-refractivity contribution in [2.24, 2.45) is 0 Å². The molecule has 1 saturated carbocycles. The number of rotatable bonds is 2. The smallest absolute Gasteiger partial charge is 0.230 e. The van der Waals surface area contributed by atoms with Crippen LogP contribution >= 0.6 is 0 Å². The van der Waals surface area contributed by atoms with Gasteiger partial charge in [-0.1, -0.05) is 5.16 Å². The molecule has 14 heavy (non-hydrogen) atoms. The predicted molar refractivity (Wildman–Crippen MR) is 49.5 cm³/mol. The number of hydrogen-bond acceptors (Lipinski definition) is 4. The van der Waals surface area contributed by atoms with Crippen molar-refractivity contribution >= 4 is 0 Å². The molecule has 0 radical (unpaired) electrons. The first-order valence-corrected chi connectivity index (χ1v) is 4.67. The molecular formula is C10H9N3O. The highest BCUT2D eigenvalue weighted by Crippen LogP contribution is 2.39. The molecule has 70 valence electrons. The first-order chi connectivity index (χ1) is 6.93. The molecule has 0 unspecified atom stereocenters. The normalized spacial score (nSPS) is 15.7. The summed E-state index contributed by atoms with van der Waals surface area (Å²) >= 11 is 0. The van der Waals surface area contributed by atoms with Gasteiger partial charge in [-0.05, 0) is 25.0 Å². The highest BCUT2D eigenvalue weighted by molar-refractivity contribution is 5.51. The van der Waals surface area contributed by atoms with Crippen molar-refractivity contribution < 1.29 is 4.52 Å². The van der Waals surface area contributed by atoms with Crippen molar-refractivity contribution in [1.29, 1.82) is 0 Å². The second kappa shape index (κ2) is 2.90. The van der Waals surface area contributed by atoms with Crippen molar-refractivity contribution in [3.63, 3.8) is 0 Å². The topological polar surface area (TPSA) is 51.8 Å². The van der Waals surface area contributed by atoms with Crippen LogP contribution in [0.5, 0.6) is 0 Å². The second-order valence-electron chi connectivity index (χ2n) is 3.47. The lowest BCUT2D eigenvalue weighted by atomic mass is 10.3. The highest BCUT2D eigenvalue weighted by Gasteiger charge is 2.29. The van der Waals surface area contributed by atoms with E-state index < -0.39 is 0 Å². The maximum Gasteiger partial charge on any atom is 0.230 e. The quantitative estimate of drug-likeness (QED) is 0.721. The standard InChI is InChI=1S/C10H9N3O/c1-2-8(6-11-5-1)9-12-10(14-13-9)7-3-4-7/h1-2,5-7H,3-4H2. The number of aromatic nitrogens is 3. The molecule has 0 spiro atoms. The Labute approximate surface area is 81.0 Å². The van der Waals surface area contributed by atoms with Crippen LogP contribution in [0.25, 0.3) is 11.4 Å². The van der Waals surface area contributed by atoms with Gasteiger partial charge < -0.3 is 4.52 Å². The highest BCUT2D eigenvalue weighted by atomic mass is 16.5. The summed E-state index contributed by atoms with van der Waals surface area (Å²) in [6.45, 7) is 0. The zero-order valence-electron chi connectivity index (χ0n) is 7.55. The maximum atomic E-state index is 5.15. The van der Waals surface area contributed by atoms with Crippen LogP contribution in [0.2, 0.25) is 0 Å². The van der Waals surface area contributed by atoms with Gasteiger partial charge in [0.05, 0.1) is 0 Å². The lowest BCUT2D eigenvalue weighted by Crippen LogP contribution is -1.82. The van der Waals surface area contributed by atoms with Gasteiger partial charge in [0, 0.05) is 23.9 Å². The molecule has 0 bridgehead atoms. The first kappa shape index (κ1) is 7.67. The maximum absolute atomic E-state index is 5.15. The van der Waals surface area contributed by atoms with E-state index in [9.17, 15) is 0 Å². The van der Waals surface area contributed by atoms with E-state index in [1.54, 1.807) is 12.4 Å². The Balaban J connectivity index is 1.96. The van der Waals surface area contributed by atoms with Crippen LogP contribution in [0.3, 0.4) is 0 Å². The van der Waals surface area contributed by atoms with Crippen molar-refractivity contribution in [2.75, 3.05) is 0 Å². The van der Waals surface area contributed by atoms with Crippen molar-refractivity contribution in [1.82, 2.24) is 15.1 Å². The zero-order valence-corrected chi connectivity index (χ0v) is 7.55. The summed E-state index contributed by atoms with van der Waals surface area (Å²) in [4.78, 5) is 8.33. The minimum Gasteiger partial charge on any atom is -0.339 e. The average molecular weight is 187 g/mol. The van der Waals surface area contributed by atoms with E-state index in [0.29, 0.717) is 11.7 Å². The van der Waals surface area contributed by atoms with Crippen LogP contribution in [0.15, 0.2) is 29.0 Å². The van der Waals surface area contributed by atoms with E-state index >= 15 is 0 Å². The SMILES string of the molecule is c1cncc(-c2noc(C3CC3)n2)c1. The molecule has 4 nitrogen and oxygen atoms in total. The Morgan fingerprint density at radius 2 is 2.29 bits per heavy atom. The zero-order chi connectivity index (χ0) is 9.38. The molecular weight excluding hydrogens is 178 g/mol. The third kappa shape index (κ3) is 1.28. The van der Waals surface area contributed by atoms with Gasteiger partial charge in [0.15, 0.2) is 0 Å². The van der Waals surface area contributed by atoms with Crippen molar-refractivity contribution in [3.05, 3.63) is 30.4 Å². The summed E-state index contributed by atoms with van der Waals surface area (Å²) in [5.74, 6) is 1.91. The summed E-state index contributed by atoms with van der Waals surface area (Å²) in [6.07, 6.45) is 5.82. The van der Waals surface area contributed by atoms with Crippen LogP contribution in [0.4, 0.5) is 0 Å². The number of hydrogen-bond donors (Lipinski definition) is 0. The van der Waals surface area contributed by atoms with Crippen molar-refractivity contribution in [2.45, 2.75) is 18.8 Å². The molecule has 1 aliphatic carbocycles. The molecule has 0 aromatic carbocycles. The van der Waals surface area contributed by atoms with Gasteiger partial charge in [0.2, 0.25) is 11.7 Å². The molecule has 1 aliphatic rings. The molecule has 0 N–H and O–H groups in total. The molecule has 0 aliphatic heterocycles. The van der Waals surface area contributed by atoms with Crippen LogP contribution in [-0.2, 0) is 0 Å². The molecule has 0 saturated heterocycles. The van der Waals surface area contributed by atoms with Gasteiger partial charge in [-0.25, -0.2) is 0 Å². The Kier molecular flexibility index (Phi) is 1.59. The minimum atomic E-state index is 0.507. The fraction of sp³-hybridized carbons (Fsp3) is 0.300. The Morgan fingerprint density at radius 1 is 1.36 bits per heavy atom. The van der Waals surface area contributed by atoms with Crippen LogP contribution < -0.4 is 0 Å². The van der Waals surface area contributed by atoms with Gasteiger partial charge in [-0.3, -0.25) is 4.98 Å². The first-order valence-electron chi connectivity index (χ1n) is 4.67. The van der Waals surface area contributed by atoms with Gasteiger partial charge in [-0.15, -0.1) is 0 Å². The lowest BCUT2D eigenvalue weighted by Gasteiger charge is -1.89. The monoisotopic (exact) mass is 187 g/mol. The molecule has 4 heteroatoms. The Hall–Kier alpha value is -1.71. The van der Waals surface area contributed by atoms with Gasteiger partial charge in [0.25, 0.3) is 0 Å². The molecule has 2 heterocycles. The minimum absolute atomic E-state index is 0.507. The molecule has 2 aromatic heterocycles. The molecule has 1 fully saturated rings. The summed E-state index contributed by atoms with van der Waals surface area (Å²) in [5.41, 5.74) is 0.906. The van der Waals surface area contributed by atoms with E-state index in [2.05, 4.69) is 15.1 Å².